The number of hydrogen-bond acceptors (Lipinski definition) is 2. The normalized spacial score (nSPS) is 10.8. The van der Waals surface area contributed by atoms with Crippen molar-refractivity contribution in [3.8, 4) is 0 Å². The van der Waals surface area contributed by atoms with Crippen molar-refractivity contribution in [2.45, 2.75) is 13.1 Å². The second-order valence-electron chi connectivity index (χ2n) is 4.51. The molecule has 2 N–H and O–H groups in total. The standard InChI is InChI=1S/C15H17BrN2/c1-18(10-12-5-3-2-4-6-12)11-13-7-8-15(17)14(16)9-13/h2-9H,10-11,17H2,1H3. The highest BCUT2D eigenvalue weighted by Gasteiger charge is 2.03. The fraction of sp³-hybridized carbons (Fsp3) is 0.200. The molecule has 0 heterocycles. The van der Waals surface area contributed by atoms with Crippen molar-refractivity contribution < 1.29 is 0 Å². The Kier molecular flexibility index (Phi) is 4.39. The average Bonchev–Trinajstić information content (AvgIpc) is 2.35. The zero-order chi connectivity index (χ0) is 13.0. The van der Waals surface area contributed by atoms with Gasteiger partial charge in [-0.05, 0) is 46.2 Å². The quantitative estimate of drug-likeness (QED) is 0.873. The molecule has 2 rings (SSSR count). The monoisotopic (exact) mass is 304 g/mol. The van der Waals surface area contributed by atoms with Crippen LogP contribution in [-0.2, 0) is 13.1 Å². The number of hydrogen-bond donors (Lipinski definition) is 1. The first-order valence-electron chi connectivity index (χ1n) is 5.91. The zero-order valence-electron chi connectivity index (χ0n) is 10.4. The second kappa shape index (κ2) is 6.03. The van der Waals surface area contributed by atoms with Crippen molar-refractivity contribution in [3.63, 3.8) is 0 Å². The minimum atomic E-state index is 0.782. The topological polar surface area (TPSA) is 29.3 Å². The maximum Gasteiger partial charge on any atom is 0.0458 e. The first-order valence-corrected chi connectivity index (χ1v) is 6.71. The lowest BCUT2D eigenvalue weighted by molar-refractivity contribution is 0.319. The zero-order valence-corrected chi connectivity index (χ0v) is 12.0. The predicted molar refractivity (Wildman–Crippen MR) is 80.2 cm³/mol. The summed E-state index contributed by atoms with van der Waals surface area (Å²) in [5.74, 6) is 0. The fourth-order valence-electron chi connectivity index (χ4n) is 1.93. The van der Waals surface area contributed by atoms with Crippen LogP contribution in [0.5, 0.6) is 0 Å². The number of nitrogens with two attached hydrogens (primary N) is 1. The van der Waals surface area contributed by atoms with Crippen LogP contribution >= 0.6 is 15.9 Å². The summed E-state index contributed by atoms with van der Waals surface area (Å²) in [6.45, 7) is 1.86. The molecule has 94 valence electrons. The molecule has 0 fully saturated rings. The molecular weight excluding hydrogens is 288 g/mol. The molecule has 0 atom stereocenters. The maximum absolute atomic E-state index is 5.78. The average molecular weight is 305 g/mol. The van der Waals surface area contributed by atoms with Gasteiger partial charge in [-0.25, -0.2) is 0 Å². The third-order valence-electron chi connectivity index (χ3n) is 2.81. The van der Waals surface area contributed by atoms with E-state index in [9.17, 15) is 0 Å². The number of nitrogens with zero attached hydrogens (tertiary/aromatic N) is 1. The summed E-state index contributed by atoms with van der Waals surface area (Å²) < 4.78 is 0.966. The van der Waals surface area contributed by atoms with Crippen molar-refractivity contribution in [1.29, 1.82) is 0 Å². The smallest absolute Gasteiger partial charge is 0.0458 e. The van der Waals surface area contributed by atoms with E-state index >= 15 is 0 Å². The molecule has 2 nitrogen and oxygen atoms in total. The van der Waals surface area contributed by atoms with Gasteiger partial charge in [0.25, 0.3) is 0 Å². The summed E-state index contributed by atoms with van der Waals surface area (Å²) in [5.41, 5.74) is 9.15. The molecule has 0 bridgehead atoms. The van der Waals surface area contributed by atoms with Gasteiger partial charge in [-0.3, -0.25) is 4.90 Å². The molecule has 2 aromatic carbocycles. The van der Waals surface area contributed by atoms with Crippen LogP contribution in [0.2, 0.25) is 0 Å². The van der Waals surface area contributed by atoms with Gasteiger partial charge >= 0.3 is 0 Å². The van der Waals surface area contributed by atoms with Gasteiger partial charge in [-0.2, -0.15) is 0 Å². The fourth-order valence-corrected chi connectivity index (χ4v) is 2.36. The van der Waals surface area contributed by atoms with Crippen molar-refractivity contribution in [2.75, 3.05) is 12.8 Å². The number of halogens is 1. The summed E-state index contributed by atoms with van der Waals surface area (Å²) in [6.07, 6.45) is 0. The molecule has 0 aliphatic carbocycles. The van der Waals surface area contributed by atoms with Gasteiger partial charge in [-0.15, -0.1) is 0 Å². The first-order chi connectivity index (χ1) is 8.65. The van der Waals surface area contributed by atoms with Crippen molar-refractivity contribution in [3.05, 3.63) is 64.1 Å². The van der Waals surface area contributed by atoms with Crippen LogP contribution in [0.4, 0.5) is 5.69 Å². The van der Waals surface area contributed by atoms with Crippen molar-refractivity contribution >= 4 is 21.6 Å². The Balaban J connectivity index is 1.99. The van der Waals surface area contributed by atoms with Crippen LogP contribution in [0, 0.1) is 0 Å². The highest BCUT2D eigenvalue weighted by atomic mass is 79.9. The van der Waals surface area contributed by atoms with Crippen LogP contribution in [0.25, 0.3) is 0 Å². The van der Waals surface area contributed by atoms with Crippen molar-refractivity contribution in [2.24, 2.45) is 0 Å². The highest BCUT2D eigenvalue weighted by Crippen LogP contribution is 2.21. The van der Waals surface area contributed by atoms with Crippen LogP contribution in [-0.4, -0.2) is 11.9 Å². The molecule has 0 aliphatic rings. The summed E-state index contributed by atoms with van der Waals surface area (Å²) in [5, 5.41) is 0. The van der Waals surface area contributed by atoms with Gasteiger partial charge in [0.15, 0.2) is 0 Å². The predicted octanol–water partition coefficient (Wildman–Crippen LogP) is 3.66. The SMILES string of the molecule is CN(Cc1ccccc1)Cc1ccc(N)c(Br)c1. The summed E-state index contributed by atoms with van der Waals surface area (Å²) in [6, 6.07) is 16.6. The lowest BCUT2D eigenvalue weighted by Crippen LogP contribution is -2.17. The maximum atomic E-state index is 5.78. The van der Waals surface area contributed by atoms with Gasteiger partial charge in [0.1, 0.15) is 0 Å². The Hall–Kier alpha value is -1.32. The van der Waals surface area contributed by atoms with E-state index in [2.05, 4.69) is 64.3 Å². The van der Waals surface area contributed by atoms with Crippen LogP contribution < -0.4 is 5.73 Å². The van der Waals surface area contributed by atoms with E-state index in [-0.39, 0.29) is 0 Å². The van der Waals surface area contributed by atoms with Gasteiger partial charge in [0.05, 0.1) is 0 Å². The highest BCUT2D eigenvalue weighted by molar-refractivity contribution is 9.10. The van der Waals surface area contributed by atoms with E-state index in [1.807, 2.05) is 12.1 Å². The Morgan fingerprint density at radius 3 is 2.33 bits per heavy atom. The Bertz CT molecular complexity index is 511. The lowest BCUT2D eigenvalue weighted by Gasteiger charge is -2.17. The molecule has 3 heteroatoms. The Morgan fingerprint density at radius 2 is 1.67 bits per heavy atom. The van der Waals surface area contributed by atoms with Crippen molar-refractivity contribution in [1.82, 2.24) is 4.90 Å². The molecule has 0 saturated carbocycles. The Morgan fingerprint density at radius 1 is 1.00 bits per heavy atom. The lowest BCUT2D eigenvalue weighted by atomic mass is 10.1. The summed E-state index contributed by atoms with van der Waals surface area (Å²) >= 11 is 3.46. The molecule has 0 aliphatic heterocycles. The van der Waals surface area contributed by atoms with Gasteiger partial charge in [0.2, 0.25) is 0 Å². The number of benzene rings is 2. The molecule has 0 radical (unpaired) electrons. The van der Waals surface area contributed by atoms with E-state index in [1.54, 1.807) is 0 Å². The van der Waals surface area contributed by atoms with Crippen LogP contribution in [0.15, 0.2) is 53.0 Å². The summed E-state index contributed by atoms with van der Waals surface area (Å²) in [7, 11) is 2.12. The van der Waals surface area contributed by atoms with E-state index in [4.69, 9.17) is 5.73 Å². The summed E-state index contributed by atoms with van der Waals surface area (Å²) in [4.78, 5) is 2.29. The number of nitrogen functional groups attached to an aromatic ring is 1. The molecule has 18 heavy (non-hydrogen) atoms. The first kappa shape index (κ1) is 13.1. The minimum Gasteiger partial charge on any atom is -0.398 e. The third kappa shape index (κ3) is 3.59. The van der Waals surface area contributed by atoms with Gasteiger partial charge in [0, 0.05) is 23.2 Å². The second-order valence-corrected chi connectivity index (χ2v) is 5.37. The molecular formula is C15H17BrN2. The molecule has 0 amide bonds. The molecule has 0 saturated heterocycles. The minimum absolute atomic E-state index is 0.782. The van der Waals surface area contributed by atoms with E-state index in [0.717, 1.165) is 23.2 Å². The number of anilines is 1. The molecule has 0 aromatic heterocycles. The van der Waals surface area contributed by atoms with Gasteiger partial charge < -0.3 is 5.73 Å². The van der Waals surface area contributed by atoms with Crippen LogP contribution in [0.3, 0.4) is 0 Å². The molecule has 0 unspecified atom stereocenters. The third-order valence-corrected chi connectivity index (χ3v) is 3.50. The molecule has 2 aromatic rings. The van der Waals surface area contributed by atoms with E-state index in [0.29, 0.717) is 0 Å². The van der Waals surface area contributed by atoms with E-state index < -0.39 is 0 Å². The Labute approximate surface area is 117 Å². The van der Waals surface area contributed by atoms with Crippen LogP contribution in [0.1, 0.15) is 11.1 Å². The molecule has 0 spiro atoms. The van der Waals surface area contributed by atoms with E-state index in [1.165, 1.54) is 11.1 Å². The van der Waals surface area contributed by atoms with Gasteiger partial charge in [-0.1, -0.05) is 36.4 Å². The largest absolute Gasteiger partial charge is 0.398 e. The number of rotatable bonds is 4.